The summed E-state index contributed by atoms with van der Waals surface area (Å²) in [6.45, 7) is 6.82. The van der Waals surface area contributed by atoms with Crippen LogP contribution in [-0.4, -0.2) is 57.1 Å². The number of halogens is 1. The van der Waals surface area contributed by atoms with Crippen LogP contribution in [-0.2, 0) is 11.3 Å². The summed E-state index contributed by atoms with van der Waals surface area (Å²) in [6.07, 6.45) is 3.93. The summed E-state index contributed by atoms with van der Waals surface area (Å²) in [4.78, 5) is 36.7. The number of nitrogens with zero attached hydrogens (tertiary/aromatic N) is 4. The molecule has 0 aliphatic carbocycles. The fourth-order valence-corrected chi connectivity index (χ4v) is 4.29. The standard InChI is InChI=1S/C22H24FN5O3S/c1-22(2,3)31-21(30)28-7-6-27(13-28)20(29)19-16-9-18(32-17(16)4-5-25-19)26-11-14-8-15(23)12-24-10-14/h4-5,8-10,12,26H,6-7,11,13H2,1-3H3. The predicted octanol–water partition coefficient (Wildman–Crippen LogP) is 4.09. The number of carbonyl (C=O) groups excluding carboxylic acids is 2. The van der Waals surface area contributed by atoms with Crippen molar-refractivity contribution in [3.8, 4) is 0 Å². The minimum Gasteiger partial charge on any atom is -0.444 e. The Hall–Kier alpha value is -3.27. The molecule has 1 saturated heterocycles. The van der Waals surface area contributed by atoms with Gasteiger partial charge in [-0.15, -0.1) is 11.3 Å². The second-order valence-corrected chi connectivity index (χ2v) is 9.58. The number of aromatic nitrogens is 2. The molecule has 1 aliphatic rings. The van der Waals surface area contributed by atoms with Crippen molar-refractivity contribution < 1.29 is 18.7 Å². The fourth-order valence-electron chi connectivity index (χ4n) is 3.34. The van der Waals surface area contributed by atoms with E-state index in [0.29, 0.717) is 25.3 Å². The van der Waals surface area contributed by atoms with E-state index in [9.17, 15) is 14.0 Å². The quantitative estimate of drug-likeness (QED) is 0.635. The molecule has 0 unspecified atom stereocenters. The van der Waals surface area contributed by atoms with Crippen LogP contribution in [0.3, 0.4) is 0 Å². The van der Waals surface area contributed by atoms with Gasteiger partial charge >= 0.3 is 6.09 Å². The van der Waals surface area contributed by atoms with E-state index in [1.807, 2.05) is 32.9 Å². The molecule has 1 aliphatic heterocycles. The molecule has 32 heavy (non-hydrogen) atoms. The first kappa shape index (κ1) is 21.9. The summed E-state index contributed by atoms with van der Waals surface area (Å²) in [7, 11) is 0. The maximum absolute atomic E-state index is 13.3. The van der Waals surface area contributed by atoms with Crippen LogP contribution < -0.4 is 5.32 Å². The lowest BCUT2D eigenvalue weighted by Crippen LogP contribution is -2.37. The number of anilines is 1. The normalized spacial score (nSPS) is 14.1. The number of thiophene rings is 1. The van der Waals surface area contributed by atoms with Crippen LogP contribution in [0.2, 0.25) is 0 Å². The minimum absolute atomic E-state index is 0.160. The lowest BCUT2D eigenvalue weighted by molar-refractivity contribution is 0.0265. The lowest BCUT2D eigenvalue weighted by atomic mass is 10.2. The van der Waals surface area contributed by atoms with Crippen molar-refractivity contribution in [2.45, 2.75) is 32.9 Å². The molecule has 0 aromatic carbocycles. The minimum atomic E-state index is -0.594. The van der Waals surface area contributed by atoms with Gasteiger partial charge in [0, 0.05) is 42.1 Å². The summed E-state index contributed by atoms with van der Waals surface area (Å²) >= 11 is 1.49. The van der Waals surface area contributed by atoms with Crippen LogP contribution in [0.5, 0.6) is 0 Å². The highest BCUT2D eigenvalue weighted by Crippen LogP contribution is 2.32. The van der Waals surface area contributed by atoms with E-state index in [2.05, 4.69) is 15.3 Å². The summed E-state index contributed by atoms with van der Waals surface area (Å²) in [5, 5.41) is 4.82. The van der Waals surface area contributed by atoms with Gasteiger partial charge in [-0.2, -0.15) is 0 Å². The van der Waals surface area contributed by atoms with Crippen molar-refractivity contribution in [2.24, 2.45) is 0 Å². The van der Waals surface area contributed by atoms with E-state index in [-0.39, 0.29) is 18.4 Å². The second kappa shape index (κ2) is 8.70. The number of rotatable bonds is 4. The molecule has 1 N–H and O–H groups in total. The van der Waals surface area contributed by atoms with E-state index in [1.54, 1.807) is 17.3 Å². The Balaban J connectivity index is 1.47. The van der Waals surface area contributed by atoms with Gasteiger partial charge in [-0.3, -0.25) is 19.7 Å². The second-order valence-electron chi connectivity index (χ2n) is 8.50. The number of fused-ring (bicyclic) bond motifs is 1. The molecule has 10 heteroatoms. The first-order valence-corrected chi connectivity index (χ1v) is 11.0. The van der Waals surface area contributed by atoms with Gasteiger partial charge in [-0.1, -0.05) is 0 Å². The molecule has 0 bridgehead atoms. The number of amides is 2. The van der Waals surface area contributed by atoms with E-state index in [0.717, 1.165) is 26.8 Å². The zero-order valence-corrected chi connectivity index (χ0v) is 18.9. The SMILES string of the molecule is CC(C)(C)OC(=O)N1CCN(C(=O)c2nccc3sc(NCc4cncc(F)c4)cc23)C1. The van der Waals surface area contributed by atoms with Crippen LogP contribution in [0.1, 0.15) is 36.8 Å². The third kappa shape index (κ3) is 4.96. The summed E-state index contributed by atoms with van der Waals surface area (Å²) in [5.74, 6) is -0.621. The lowest BCUT2D eigenvalue weighted by Gasteiger charge is -2.24. The molecular formula is C22H24FN5O3S. The molecule has 0 saturated carbocycles. The van der Waals surface area contributed by atoms with Crippen molar-refractivity contribution in [3.05, 3.63) is 53.9 Å². The number of hydrogen-bond acceptors (Lipinski definition) is 7. The Morgan fingerprint density at radius 3 is 2.75 bits per heavy atom. The molecule has 0 atom stereocenters. The summed E-state index contributed by atoms with van der Waals surface area (Å²) in [5.41, 5.74) is 0.463. The van der Waals surface area contributed by atoms with Crippen LogP contribution in [0.15, 0.2) is 36.8 Å². The molecule has 3 aromatic heterocycles. The number of hydrogen-bond donors (Lipinski definition) is 1. The average molecular weight is 458 g/mol. The number of pyridine rings is 2. The van der Waals surface area contributed by atoms with Crippen molar-refractivity contribution in [1.82, 2.24) is 19.8 Å². The third-order valence-corrected chi connectivity index (χ3v) is 5.85. The number of nitrogens with one attached hydrogen (secondary N) is 1. The first-order chi connectivity index (χ1) is 15.2. The van der Waals surface area contributed by atoms with Gasteiger partial charge < -0.3 is 15.0 Å². The van der Waals surface area contributed by atoms with Crippen LogP contribution in [0.4, 0.5) is 14.2 Å². The van der Waals surface area contributed by atoms with Gasteiger partial charge in [-0.25, -0.2) is 9.18 Å². The van der Waals surface area contributed by atoms with Crippen molar-refractivity contribution in [1.29, 1.82) is 0 Å². The van der Waals surface area contributed by atoms with Crippen LogP contribution >= 0.6 is 11.3 Å². The van der Waals surface area contributed by atoms with Crippen LogP contribution in [0, 0.1) is 5.82 Å². The molecule has 2 amide bonds. The Kier molecular flexibility index (Phi) is 5.96. The largest absolute Gasteiger partial charge is 0.444 e. The summed E-state index contributed by atoms with van der Waals surface area (Å²) < 4.78 is 19.6. The molecule has 168 valence electrons. The molecule has 1 fully saturated rings. The monoisotopic (exact) mass is 457 g/mol. The van der Waals surface area contributed by atoms with Crippen LogP contribution in [0.25, 0.3) is 10.1 Å². The van der Waals surface area contributed by atoms with E-state index in [4.69, 9.17) is 4.74 Å². The van der Waals surface area contributed by atoms with Gasteiger partial charge in [0.2, 0.25) is 0 Å². The fraction of sp³-hybridized carbons (Fsp3) is 0.364. The summed E-state index contributed by atoms with van der Waals surface area (Å²) in [6, 6.07) is 5.14. The molecule has 0 spiro atoms. The van der Waals surface area contributed by atoms with Gasteiger partial charge in [-0.05, 0) is 44.5 Å². The highest BCUT2D eigenvalue weighted by molar-refractivity contribution is 7.22. The van der Waals surface area contributed by atoms with E-state index < -0.39 is 11.7 Å². The Labute approximate surface area is 189 Å². The van der Waals surface area contributed by atoms with E-state index in [1.165, 1.54) is 22.3 Å². The molecule has 4 rings (SSSR count). The van der Waals surface area contributed by atoms with Gasteiger partial charge in [0.05, 0.1) is 17.9 Å². The predicted molar refractivity (Wildman–Crippen MR) is 120 cm³/mol. The van der Waals surface area contributed by atoms with E-state index >= 15 is 0 Å². The maximum atomic E-state index is 13.3. The Morgan fingerprint density at radius 2 is 2.00 bits per heavy atom. The van der Waals surface area contributed by atoms with Gasteiger partial charge in [0.1, 0.15) is 17.1 Å². The molecule has 0 radical (unpaired) electrons. The van der Waals surface area contributed by atoms with Crippen molar-refractivity contribution in [3.63, 3.8) is 0 Å². The highest BCUT2D eigenvalue weighted by Gasteiger charge is 2.32. The first-order valence-electron chi connectivity index (χ1n) is 10.2. The van der Waals surface area contributed by atoms with Crippen molar-refractivity contribution in [2.75, 3.05) is 25.1 Å². The van der Waals surface area contributed by atoms with Crippen molar-refractivity contribution >= 4 is 38.4 Å². The number of carbonyl (C=O) groups is 2. The van der Waals surface area contributed by atoms with Gasteiger partial charge in [0.25, 0.3) is 5.91 Å². The molecule has 3 aromatic rings. The molecular weight excluding hydrogens is 433 g/mol. The Morgan fingerprint density at radius 1 is 1.22 bits per heavy atom. The smallest absolute Gasteiger partial charge is 0.411 e. The molecule has 4 heterocycles. The average Bonchev–Trinajstić information content (AvgIpc) is 3.37. The maximum Gasteiger partial charge on any atom is 0.411 e. The zero-order valence-electron chi connectivity index (χ0n) is 18.1. The topological polar surface area (TPSA) is 87.7 Å². The third-order valence-electron chi connectivity index (χ3n) is 4.80. The number of ether oxygens (including phenoxy) is 1. The highest BCUT2D eigenvalue weighted by atomic mass is 32.1. The Bertz CT molecular complexity index is 1160. The molecule has 8 nitrogen and oxygen atoms in total. The zero-order chi connectivity index (χ0) is 22.9. The van der Waals surface area contributed by atoms with Gasteiger partial charge in [0.15, 0.2) is 0 Å².